The molecule has 1 aromatic rings. The number of anilines is 1. The summed E-state index contributed by atoms with van der Waals surface area (Å²) in [6, 6.07) is 0. The topological polar surface area (TPSA) is 35.5 Å². The summed E-state index contributed by atoms with van der Waals surface area (Å²) in [5.41, 5.74) is 1.12. The van der Waals surface area contributed by atoms with Crippen molar-refractivity contribution in [2.45, 2.75) is 19.8 Å². The summed E-state index contributed by atoms with van der Waals surface area (Å²) >= 11 is 0. The third-order valence-electron chi connectivity index (χ3n) is 4.66. The van der Waals surface area contributed by atoms with Gasteiger partial charge in [-0.3, -0.25) is 4.90 Å². The van der Waals surface area contributed by atoms with Crippen LogP contribution in [-0.4, -0.2) is 72.6 Å². The van der Waals surface area contributed by atoms with E-state index in [-0.39, 0.29) is 0 Å². The Kier molecular flexibility index (Phi) is 4.70. The summed E-state index contributed by atoms with van der Waals surface area (Å²) in [4.78, 5) is 16.3. The van der Waals surface area contributed by atoms with Crippen molar-refractivity contribution in [3.63, 3.8) is 0 Å². The Morgan fingerprint density at radius 3 is 2.48 bits per heavy atom. The molecule has 2 saturated heterocycles. The minimum atomic E-state index is 0.853. The Morgan fingerprint density at radius 2 is 1.81 bits per heavy atom. The molecule has 5 heteroatoms. The van der Waals surface area contributed by atoms with Crippen LogP contribution < -0.4 is 4.90 Å². The van der Waals surface area contributed by atoms with Crippen molar-refractivity contribution in [3.8, 4) is 0 Å². The molecule has 0 amide bonds. The van der Waals surface area contributed by atoms with Gasteiger partial charge in [-0.25, -0.2) is 9.97 Å². The van der Waals surface area contributed by atoms with E-state index in [4.69, 9.17) is 0 Å². The molecule has 0 unspecified atom stereocenters. The molecule has 1 aromatic heterocycles. The highest BCUT2D eigenvalue weighted by molar-refractivity contribution is 5.30. The first-order valence-corrected chi connectivity index (χ1v) is 8.15. The van der Waals surface area contributed by atoms with E-state index in [1.54, 1.807) is 0 Å². The second-order valence-corrected chi connectivity index (χ2v) is 6.62. The normalized spacial score (nSPS) is 25.2. The number of piperidine rings is 1. The lowest BCUT2D eigenvalue weighted by Gasteiger charge is -2.38. The first kappa shape index (κ1) is 14.7. The Morgan fingerprint density at radius 1 is 1.10 bits per heavy atom. The van der Waals surface area contributed by atoms with Crippen molar-refractivity contribution in [1.29, 1.82) is 0 Å². The number of nitrogens with zero attached hydrogens (tertiary/aromatic N) is 5. The van der Waals surface area contributed by atoms with E-state index in [9.17, 15) is 0 Å². The highest BCUT2D eigenvalue weighted by Crippen LogP contribution is 2.18. The van der Waals surface area contributed by atoms with Crippen molar-refractivity contribution >= 4 is 5.95 Å². The van der Waals surface area contributed by atoms with Crippen molar-refractivity contribution in [2.24, 2.45) is 5.92 Å². The van der Waals surface area contributed by atoms with Gasteiger partial charge in [-0.1, -0.05) is 0 Å². The molecule has 0 bridgehead atoms. The molecule has 0 saturated carbocycles. The average Bonchev–Trinajstić information content (AvgIpc) is 2.49. The summed E-state index contributed by atoms with van der Waals surface area (Å²) in [5, 5.41) is 0. The van der Waals surface area contributed by atoms with Crippen LogP contribution in [0.3, 0.4) is 0 Å². The maximum absolute atomic E-state index is 4.44. The highest BCUT2D eigenvalue weighted by Gasteiger charge is 2.23. The van der Waals surface area contributed by atoms with Crippen molar-refractivity contribution in [3.05, 3.63) is 18.0 Å². The van der Waals surface area contributed by atoms with Gasteiger partial charge in [-0.15, -0.1) is 0 Å². The van der Waals surface area contributed by atoms with Gasteiger partial charge in [0.2, 0.25) is 5.95 Å². The molecular formula is C16H27N5. The number of hydrogen-bond acceptors (Lipinski definition) is 5. The monoisotopic (exact) mass is 289 g/mol. The van der Waals surface area contributed by atoms with E-state index in [2.05, 4.69) is 31.7 Å². The van der Waals surface area contributed by atoms with Crippen LogP contribution in [0.1, 0.15) is 18.4 Å². The summed E-state index contributed by atoms with van der Waals surface area (Å²) in [6.45, 7) is 10.2. The zero-order valence-electron chi connectivity index (χ0n) is 13.3. The predicted octanol–water partition coefficient (Wildman–Crippen LogP) is 1.25. The third kappa shape index (κ3) is 3.92. The van der Waals surface area contributed by atoms with Gasteiger partial charge in [0.05, 0.1) is 0 Å². The van der Waals surface area contributed by atoms with Crippen LogP contribution in [0.15, 0.2) is 12.4 Å². The minimum Gasteiger partial charge on any atom is -0.338 e. The molecule has 0 N–H and O–H groups in total. The second kappa shape index (κ2) is 6.71. The van der Waals surface area contributed by atoms with Gasteiger partial charge in [0.15, 0.2) is 0 Å². The number of aryl methyl sites for hydroxylation is 1. The molecule has 2 aliphatic heterocycles. The SMILES string of the molecule is Cc1cnc(N2CCN(C[C@H]3CCCN(C)C3)CC2)nc1. The molecule has 1 atom stereocenters. The van der Waals surface area contributed by atoms with Gasteiger partial charge in [0.1, 0.15) is 0 Å². The molecule has 3 rings (SSSR count). The predicted molar refractivity (Wildman–Crippen MR) is 85.6 cm³/mol. The van der Waals surface area contributed by atoms with Crippen molar-refractivity contribution in [1.82, 2.24) is 19.8 Å². The van der Waals surface area contributed by atoms with Crippen LogP contribution in [0.25, 0.3) is 0 Å². The molecule has 116 valence electrons. The number of piperazine rings is 1. The van der Waals surface area contributed by atoms with Gasteiger partial charge in [-0.2, -0.15) is 0 Å². The summed E-state index contributed by atoms with van der Waals surface area (Å²) in [6.07, 6.45) is 6.57. The average molecular weight is 289 g/mol. The van der Waals surface area contributed by atoms with Gasteiger partial charge in [-0.05, 0) is 44.8 Å². The molecule has 21 heavy (non-hydrogen) atoms. The molecule has 0 spiro atoms. The van der Waals surface area contributed by atoms with Crippen LogP contribution in [0.2, 0.25) is 0 Å². The van der Waals surface area contributed by atoms with Crippen LogP contribution in [0, 0.1) is 12.8 Å². The number of rotatable bonds is 3. The molecule has 0 radical (unpaired) electrons. The maximum atomic E-state index is 4.44. The molecule has 2 fully saturated rings. The second-order valence-electron chi connectivity index (χ2n) is 6.62. The zero-order valence-corrected chi connectivity index (χ0v) is 13.3. The lowest BCUT2D eigenvalue weighted by molar-refractivity contribution is 0.147. The van der Waals surface area contributed by atoms with Gasteiger partial charge >= 0.3 is 0 Å². The fraction of sp³-hybridized carbons (Fsp3) is 0.750. The maximum Gasteiger partial charge on any atom is 0.225 e. The first-order valence-electron chi connectivity index (χ1n) is 8.15. The van der Waals surface area contributed by atoms with Crippen LogP contribution >= 0.6 is 0 Å². The van der Waals surface area contributed by atoms with E-state index >= 15 is 0 Å². The largest absolute Gasteiger partial charge is 0.338 e. The van der Waals surface area contributed by atoms with Crippen LogP contribution in [0.4, 0.5) is 5.95 Å². The molecule has 0 aromatic carbocycles. The van der Waals surface area contributed by atoms with E-state index in [0.29, 0.717) is 0 Å². The quantitative estimate of drug-likeness (QED) is 0.837. The van der Waals surface area contributed by atoms with Gasteiger partial charge in [0.25, 0.3) is 0 Å². The number of hydrogen-bond donors (Lipinski definition) is 0. The Balaban J connectivity index is 1.47. The van der Waals surface area contributed by atoms with Crippen LogP contribution in [0.5, 0.6) is 0 Å². The molecule has 0 aliphatic carbocycles. The van der Waals surface area contributed by atoms with E-state index in [1.165, 1.54) is 32.5 Å². The number of aromatic nitrogens is 2. The molecular weight excluding hydrogens is 262 g/mol. The smallest absolute Gasteiger partial charge is 0.225 e. The Labute approximate surface area is 128 Å². The fourth-order valence-electron chi connectivity index (χ4n) is 3.47. The van der Waals surface area contributed by atoms with Crippen molar-refractivity contribution in [2.75, 3.05) is 57.8 Å². The molecule has 3 heterocycles. The summed E-state index contributed by atoms with van der Waals surface area (Å²) < 4.78 is 0. The molecule has 5 nitrogen and oxygen atoms in total. The third-order valence-corrected chi connectivity index (χ3v) is 4.66. The highest BCUT2D eigenvalue weighted by atomic mass is 15.3. The summed E-state index contributed by atoms with van der Waals surface area (Å²) in [7, 11) is 2.25. The standard InChI is InChI=1S/C16H27N5/c1-14-10-17-16(18-11-14)21-8-6-20(7-9-21)13-15-4-3-5-19(2)12-15/h10-11,15H,3-9,12-13H2,1-2H3/t15-/m0/s1. The van der Waals surface area contributed by atoms with Gasteiger partial charge in [0, 0.05) is 51.7 Å². The first-order chi connectivity index (χ1) is 10.2. The Hall–Kier alpha value is -1.20. The molecule has 2 aliphatic rings. The van der Waals surface area contributed by atoms with Crippen LogP contribution in [-0.2, 0) is 0 Å². The lowest BCUT2D eigenvalue weighted by Crippen LogP contribution is -2.49. The van der Waals surface area contributed by atoms with E-state index < -0.39 is 0 Å². The van der Waals surface area contributed by atoms with Crippen molar-refractivity contribution < 1.29 is 0 Å². The van der Waals surface area contributed by atoms with Gasteiger partial charge < -0.3 is 9.80 Å². The minimum absolute atomic E-state index is 0.853. The van der Waals surface area contributed by atoms with E-state index in [0.717, 1.165) is 43.6 Å². The lowest BCUT2D eigenvalue weighted by atomic mass is 9.97. The Bertz CT molecular complexity index is 438. The fourth-order valence-corrected chi connectivity index (χ4v) is 3.47. The zero-order chi connectivity index (χ0) is 14.7. The number of likely N-dealkylation sites (tertiary alicyclic amines) is 1. The van der Waals surface area contributed by atoms with E-state index in [1.807, 2.05) is 19.3 Å². The summed E-state index contributed by atoms with van der Waals surface area (Å²) in [5.74, 6) is 1.74.